The van der Waals surface area contributed by atoms with Gasteiger partial charge in [-0.05, 0) is 6.07 Å². The number of nitrogens with two attached hydrogens (primary N) is 1. The second-order valence-corrected chi connectivity index (χ2v) is 3.78. The van der Waals surface area contributed by atoms with E-state index >= 15 is 0 Å². The quantitative estimate of drug-likeness (QED) is 0.709. The Labute approximate surface area is 103 Å². The summed E-state index contributed by atoms with van der Waals surface area (Å²) in [5.41, 5.74) is 6.76. The lowest BCUT2D eigenvalue weighted by Gasteiger charge is -2.16. The third-order valence-corrected chi connectivity index (χ3v) is 2.25. The van der Waals surface area contributed by atoms with Crippen LogP contribution in [0, 0.1) is 0 Å². The van der Waals surface area contributed by atoms with Crippen molar-refractivity contribution in [2.24, 2.45) is 0 Å². The first kappa shape index (κ1) is 11.8. The summed E-state index contributed by atoms with van der Waals surface area (Å²) in [7, 11) is 3.74. The molecule has 0 fully saturated rings. The summed E-state index contributed by atoms with van der Waals surface area (Å²) in [6, 6.07) is 1.80. The summed E-state index contributed by atoms with van der Waals surface area (Å²) in [5.74, 6) is -0.337. The van der Waals surface area contributed by atoms with Gasteiger partial charge in [0.05, 0.1) is 17.6 Å². The van der Waals surface area contributed by atoms with Crippen molar-refractivity contribution in [3.8, 4) is 0 Å². The SMILES string of the molecule is CN(C)c1ccncc1NC(=O)c1nc(N)n[nH]1. The van der Waals surface area contributed by atoms with Crippen LogP contribution in [0.2, 0.25) is 0 Å². The monoisotopic (exact) mass is 247 g/mol. The Hall–Kier alpha value is -2.64. The van der Waals surface area contributed by atoms with E-state index in [0.717, 1.165) is 5.69 Å². The number of carbonyl (C=O) groups is 1. The fourth-order valence-electron chi connectivity index (χ4n) is 1.43. The molecular weight excluding hydrogens is 234 g/mol. The van der Waals surface area contributed by atoms with Crippen molar-refractivity contribution in [1.29, 1.82) is 0 Å². The number of rotatable bonds is 3. The van der Waals surface area contributed by atoms with Crippen LogP contribution in [0.4, 0.5) is 17.3 Å². The average Bonchev–Trinajstić information content (AvgIpc) is 2.76. The molecule has 94 valence electrons. The highest BCUT2D eigenvalue weighted by molar-refractivity contribution is 6.03. The van der Waals surface area contributed by atoms with Crippen molar-refractivity contribution in [3.63, 3.8) is 0 Å². The summed E-state index contributed by atoms with van der Waals surface area (Å²) in [5, 5.41) is 8.72. The second-order valence-electron chi connectivity index (χ2n) is 3.78. The van der Waals surface area contributed by atoms with E-state index in [0.29, 0.717) is 5.69 Å². The molecule has 4 N–H and O–H groups in total. The lowest BCUT2D eigenvalue weighted by atomic mass is 10.3. The van der Waals surface area contributed by atoms with Gasteiger partial charge in [0.15, 0.2) is 0 Å². The molecular formula is C10H13N7O. The van der Waals surface area contributed by atoms with E-state index in [9.17, 15) is 4.79 Å². The maximum absolute atomic E-state index is 11.9. The lowest BCUT2D eigenvalue weighted by molar-refractivity contribution is 0.101. The number of nitrogens with zero attached hydrogens (tertiary/aromatic N) is 4. The zero-order valence-corrected chi connectivity index (χ0v) is 10.0. The smallest absolute Gasteiger partial charge is 0.293 e. The molecule has 8 heteroatoms. The molecule has 2 rings (SSSR count). The Kier molecular flexibility index (Phi) is 3.09. The Balaban J connectivity index is 2.22. The number of aromatic nitrogens is 4. The van der Waals surface area contributed by atoms with Crippen molar-refractivity contribution < 1.29 is 4.79 Å². The number of nitrogen functional groups attached to an aromatic ring is 1. The van der Waals surface area contributed by atoms with E-state index in [4.69, 9.17) is 5.73 Å². The van der Waals surface area contributed by atoms with Gasteiger partial charge >= 0.3 is 0 Å². The maximum Gasteiger partial charge on any atom is 0.293 e. The average molecular weight is 247 g/mol. The largest absolute Gasteiger partial charge is 0.376 e. The van der Waals surface area contributed by atoms with Gasteiger partial charge < -0.3 is 16.0 Å². The molecule has 0 saturated heterocycles. The summed E-state index contributed by atoms with van der Waals surface area (Å²) in [6.45, 7) is 0. The standard InChI is InChI=1S/C10H13N7O/c1-17(2)7-3-4-12-5-6(7)13-9(18)8-14-10(11)16-15-8/h3-5H,1-2H3,(H,13,18)(H3,11,14,15,16). The summed E-state index contributed by atoms with van der Waals surface area (Å²) >= 11 is 0. The zero-order chi connectivity index (χ0) is 13.1. The molecule has 0 aromatic carbocycles. The van der Waals surface area contributed by atoms with Crippen LogP contribution in [0.1, 0.15) is 10.6 Å². The van der Waals surface area contributed by atoms with Crippen molar-refractivity contribution >= 4 is 23.2 Å². The highest BCUT2D eigenvalue weighted by Gasteiger charge is 2.13. The summed E-state index contributed by atoms with van der Waals surface area (Å²) < 4.78 is 0. The highest BCUT2D eigenvalue weighted by Crippen LogP contribution is 2.22. The van der Waals surface area contributed by atoms with Gasteiger partial charge in [-0.1, -0.05) is 0 Å². The van der Waals surface area contributed by atoms with Gasteiger partial charge in [0.25, 0.3) is 5.91 Å². The van der Waals surface area contributed by atoms with E-state index in [-0.39, 0.29) is 11.8 Å². The summed E-state index contributed by atoms with van der Waals surface area (Å²) in [6.07, 6.45) is 3.21. The number of nitrogens with one attached hydrogen (secondary N) is 2. The topological polar surface area (TPSA) is 113 Å². The Bertz CT molecular complexity index is 563. The maximum atomic E-state index is 11.9. The Morgan fingerprint density at radius 3 is 2.89 bits per heavy atom. The Morgan fingerprint density at radius 1 is 1.50 bits per heavy atom. The minimum atomic E-state index is -0.421. The molecule has 8 nitrogen and oxygen atoms in total. The van der Waals surface area contributed by atoms with Crippen molar-refractivity contribution in [2.45, 2.75) is 0 Å². The number of anilines is 3. The number of aromatic amines is 1. The third kappa shape index (κ3) is 2.37. The van der Waals surface area contributed by atoms with Gasteiger partial charge in [0.1, 0.15) is 0 Å². The molecule has 0 aliphatic heterocycles. The number of amides is 1. The molecule has 0 radical (unpaired) electrons. The minimum Gasteiger partial charge on any atom is -0.376 e. The van der Waals surface area contributed by atoms with Gasteiger partial charge in [0.2, 0.25) is 11.8 Å². The van der Waals surface area contributed by atoms with Crippen LogP contribution in [0.15, 0.2) is 18.5 Å². The normalized spacial score (nSPS) is 10.1. The molecule has 0 saturated carbocycles. The Morgan fingerprint density at radius 2 is 2.28 bits per heavy atom. The molecule has 2 heterocycles. The first-order valence-corrected chi connectivity index (χ1v) is 5.18. The van der Waals surface area contributed by atoms with E-state index in [1.807, 2.05) is 19.0 Å². The number of pyridine rings is 1. The zero-order valence-electron chi connectivity index (χ0n) is 10.0. The van der Waals surface area contributed by atoms with Crippen molar-refractivity contribution in [1.82, 2.24) is 20.2 Å². The fourth-order valence-corrected chi connectivity index (χ4v) is 1.43. The van der Waals surface area contributed by atoms with E-state index < -0.39 is 5.91 Å². The second kappa shape index (κ2) is 4.70. The molecule has 0 aliphatic carbocycles. The van der Waals surface area contributed by atoms with Crippen LogP contribution in [0.25, 0.3) is 0 Å². The van der Waals surface area contributed by atoms with Crippen LogP contribution >= 0.6 is 0 Å². The molecule has 2 aromatic heterocycles. The number of hydrogen-bond acceptors (Lipinski definition) is 6. The van der Waals surface area contributed by atoms with Crippen molar-refractivity contribution in [2.75, 3.05) is 30.0 Å². The molecule has 1 amide bonds. The van der Waals surface area contributed by atoms with Gasteiger partial charge in [0, 0.05) is 20.3 Å². The van der Waals surface area contributed by atoms with Crippen molar-refractivity contribution in [3.05, 3.63) is 24.3 Å². The first-order chi connectivity index (χ1) is 8.58. The highest BCUT2D eigenvalue weighted by atomic mass is 16.2. The van der Waals surface area contributed by atoms with Gasteiger partial charge in [-0.15, -0.1) is 5.10 Å². The predicted octanol–water partition coefficient (Wildman–Crippen LogP) is 0.100. The van der Waals surface area contributed by atoms with E-state index in [1.165, 1.54) is 0 Å². The van der Waals surface area contributed by atoms with Crippen LogP contribution in [0.3, 0.4) is 0 Å². The first-order valence-electron chi connectivity index (χ1n) is 5.18. The fraction of sp³-hybridized carbons (Fsp3) is 0.200. The number of H-pyrrole nitrogens is 1. The van der Waals surface area contributed by atoms with Crippen LogP contribution < -0.4 is 16.0 Å². The summed E-state index contributed by atoms with van der Waals surface area (Å²) in [4.78, 5) is 21.4. The van der Waals surface area contributed by atoms with E-state index in [1.54, 1.807) is 18.5 Å². The van der Waals surface area contributed by atoms with E-state index in [2.05, 4.69) is 25.5 Å². The van der Waals surface area contributed by atoms with Crippen LogP contribution in [-0.4, -0.2) is 40.2 Å². The van der Waals surface area contributed by atoms with Gasteiger partial charge in [-0.2, -0.15) is 4.98 Å². The van der Waals surface area contributed by atoms with Gasteiger partial charge in [-0.25, -0.2) is 0 Å². The minimum absolute atomic E-state index is 0.0270. The molecule has 0 spiro atoms. The number of hydrogen-bond donors (Lipinski definition) is 3. The molecule has 0 atom stereocenters. The lowest BCUT2D eigenvalue weighted by Crippen LogP contribution is -2.18. The number of carbonyl (C=O) groups excluding carboxylic acids is 1. The molecule has 0 aliphatic rings. The molecule has 18 heavy (non-hydrogen) atoms. The molecule has 0 unspecified atom stereocenters. The van der Waals surface area contributed by atoms with Crippen LogP contribution in [-0.2, 0) is 0 Å². The van der Waals surface area contributed by atoms with Gasteiger partial charge in [-0.3, -0.25) is 14.9 Å². The molecule has 2 aromatic rings. The molecule has 0 bridgehead atoms. The predicted molar refractivity (Wildman–Crippen MR) is 67.3 cm³/mol. The van der Waals surface area contributed by atoms with Crippen LogP contribution in [0.5, 0.6) is 0 Å². The third-order valence-electron chi connectivity index (χ3n) is 2.25.